The highest BCUT2D eigenvalue weighted by atomic mass is 16.1. The maximum absolute atomic E-state index is 11.8. The van der Waals surface area contributed by atoms with Crippen LogP contribution in [-0.4, -0.2) is 25.7 Å². The van der Waals surface area contributed by atoms with Crippen molar-refractivity contribution in [1.29, 1.82) is 0 Å². The topological polar surface area (TPSA) is 47.9 Å². The van der Waals surface area contributed by atoms with Gasteiger partial charge in [-0.15, -0.1) is 0 Å². The predicted octanol–water partition coefficient (Wildman–Crippen LogP) is 5.46. The Labute approximate surface area is 184 Å². The fraction of sp³-hybridized carbons (Fsp3) is 0.231. The van der Waals surface area contributed by atoms with Gasteiger partial charge in [0.1, 0.15) is 0 Å². The predicted molar refractivity (Wildman–Crippen MR) is 129 cm³/mol. The molecule has 3 aromatic rings. The Morgan fingerprint density at radius 3 is 2.45 bits per heavy atom. The van der Waals surface area contributed by atoms with Crippen molar-refractivity contribution in [2.75, 3.05) is 29.3 Å². The average molecular weight is 413 g/mol. The Morgan fingerprint density at radius 2 is 1.77 bits per heavy atom. The molecule has 5 nitrogen and oxygen atoms in total. The summed E-state index contributed by atoms with van der Waals surface area (Å²) in [5.74, 6) is 0.00952. The van der Waals surface area contributed by atoms with Crippen molar-refractivity contribution in [3.63, 3.8) is 0 Å². The van der Waals surface area contributed by atoms with Crippen molar-refractivity contribution in [1.82, 2.24) is 0 Å². The largest absolute Gasteiger partial charge is 0.378 e. The first-order valence-electron chi connectivity index (χ1n) is 10.6. The summed E-state index contributed by atoms with van der Waals surface area (Å²) >= 11 is 0. The van der Waals surface area contributed by atoms with E-state index < -0.39 is 0 Å². The standard InChI is InChI=1S/C26H28N4O/c1-4-26(31)27-21-10-8-9-20(17-21)24-18-25(19-13-15-22(16-14-19)29(2)3)30(28-24)23-11-6-5-7-12-23/h5-17,25H,4,18H2,1-3H3,(H,27,31). The van der Waals surface area contributed by atoms with E-state index in [4.69, 9.17) is 5.10 Å². The van der Waals surface area contributed by atoms with Crippen molar-refractivity contribution in [2.24, 2.45) is 5.10 Å². The van der Waals surface area contributed by atoms with Crippen LogP contribution in [0, 0.1) is 0 Å². The van der Waals surface area contributed by atoms with Crippen molar-refractivity contribution in [2.45, 2.75) is 25.8 Å². The first-order chi connectivity index (χ1) is 15.0. The first-order valence-corrected chi connectivity index (χ1v) is 10.6. The van der Waals surface area contributed by atoms with Crippen LogP contribution in [0.5, 0.6) is 0 Å². The molecule has 1 N–H and O–H groups in total. The Hall–Kier alpha value is -3.60. The fourth-order valence-electron chi connectivity index (χ4n) is 3.78. The molecule has 1 heterocycles. The van der Waals surface area contributed by atoms with Crippen LogP contribution >= 0.6 is 0 Å². The van der Waals surface area contributed by atoms with E-state index in [1.807, 2.05) is 57.4 Å². The van der Waals surface area contributed by atoms with Gasteiger partial charge in [-0.2, -0.15) is 5.10 Å². The van der Waals surface area contributed by atoms with Crippen LogP contribution in [0.15, 0.2) is 84.0 Å². The zero-order valence-corrected chi connectivity index (χ0v) is 18.2. The fourth-order valence-corrected chi connectivity index (χ4v) is 3.78. The normalized spacial score (nSPS) is 15.5. The van der Waals surface area contributed by atoms with Crippen molar-refractivity contribution < 1.29 is 4.79 Å². The number of nitrogens with zero attached hydrogens (tertiary/aromatic N) is 3. The van der Waals surface area contributed by atoms with Crippen LogP contribution in [0.2, 0.25) is 0 Å². The van der Waals surface area contributed by atoms with Crippen LogP contribution in [0.3, 0.4) is 0 Å². The lowest BCUT2D eigenvalue weighted by Crippen LogP contribution is -2.18. The molecule has 0 spiro atoms. The van der Waals surface area contributed by atoms with Crippen LogP contribution in [0.4, 0.5) is 17.1 Å². The molecule has 0 radical (unpaired) electrons. The second kappa shape index (κ2) is 9.04. The number of benzene rings is 3. The lowest BCUT2D eigenvalue weighted by molar-refractivity contribution is -0.115. The number of rotatable bonds is 6. The van der Waals surface area contributed by atoms with Gasteiger partial charge in [0.2, 0.25) is 5.91 Å². The van der Waals surface area contributed by atoms with Gasteiger partial charge >= 0.3 is 0 Å². The molecule has 1 aliphatic rings. The Morgan fingerprint density at radius 1 is 1.03 bits per heavy atom. The molecule has 3 aromatic carbocycles. The molecule has 0 aliphatic carbocycles. The number of amides is 1. The summed E-state index contributed by atoms with van der Waals surface area (Å²) in [6, 6.07) is 27.0. The van der Waals surface area contributed by atoms with Crippen LogP contribution < -0.4 is 15.2 Å². The zero-order chi connectivity index (χ0) is 21.8. The molecule has 0 saturated carbocycles. The zero-order valence-electron chi connectivity index (χ0n) is 18.2. The van der Waals surface area contributed by atoms with E-state index in [0.29, 0.717) is 6.42 Å². The van der Waals surface area contributed by atoms with Gasteiger partial charge in [-0.25, -0.2) is 0 Å². The summed E-state index contributed by atoms with van der Waals surface area (Å²) in [4.78, 5) is 13.9. The number of hydrogen-bond donors (Lipinski definition) is 1. The summed E-state index contributed by atoms with van der Waals surface area (Å²) in [5.41, 5.74) is 6.31. The molecule has 31 heavy (non-hydrogen) atoms. The summed E-state index contributed by atoms with van der Waals surface area (Å²) in [5, 5.41) is 10.1. The highest BCUT2D eigenvalue weighted by Crippen LogP contribution is 2.37. The summed E-state index contributed by atoms with van der Waals surface area (Å²) in [7, 11) is 4.10. The Bertz CT molecular complexity index is 1070. The second-order valence-electron chi connectivity index (χ2n) is 7.92. The lowest BCUT2D eigenvalue weighted by atomic mass is 9.97. The van der Waals surface area contributed by atoms with Crippen molar-refractivity contribution in [3.05, 3.63) is 90.0 Å². The van der Waals surface area contributed by atoms with Gasteiger partial charge in [-0.1, -0.05) is 49.4 Å². The molecule has 0 saturated heterocycles. The minimum Gasteiger partial charge on any atom is -0.378 e. The summed E-state index contributed by atoms with van der Waals surface area (Å²) in [6.45, 7) is 1.85. The molecule has 1 unspecified atom stereocenters. The molecule has 4 rings (SSSR count). The van der Waals surface area contributed by atoms with Gasteiger partial charge in [-0.3, -0.25) is 9.80 Å². The number of carbonyl (C=O) groups excluding carboxylic acids is 1. The number of hydrogen-bond acceptors (Lipinski definition) is 4. The minimum absolute atomic E-state index is 0.00952. The Balaban J connectivity index is 1.67. The van der Waals surface area contributed by atoms with E-state index in [0.717, 1.165) is 29.1 Å². The van der Waals surface area contributed by atoms with Gasteiger partial charge in [-0.05, 0) is 47.5 Å². The van der Waals surface area contributed by atoms with Crippen molar-refractivity contribution >= 4 is 28.7 Å². The molecule has 1 atom stereocenters. The molecular formula is C26H28N4O. The molecule has 0 aromatic heterocycles. The first kappa shape index (κ1) is 20.7. The minimum atomic E-state index is 0.00952. The number of anilines is 3. The SMILES string of the molecule is CCC(=O)Nc1cccc(C2=NN(c3ccccc3)C(c3ccc(N(C)C)cc3)C2)c1. The third-order valence-electron chi connectivity index (χ3n) is 5.53. The molecule has 0 bridgehead atoms. The van der Waals surface area contributed by atoms with Crippen LogP contribution in [0.1, 0.15) is 36.9 Å². The molecule has 1 aliphatic heterocycles. The maximum atomic E-state index is 11.8. The maximum Gasteiger partial charge on any atom is 0.224 e. The van der Waals surface area contributed by atoms with E-state index in [2.05, 4.69) is 57.7 Å². The van der Waals surface area contributed by atoms with Gasteiger partial charge in [0, 0.05) is 38.3 Å². The summed E-state index contributed by atoms with van der Waals surface area (Å²) in [6.07, 6.45) is 1.25. The van der Waals surface area contributed by atoms with Crippen molar-refractivity contribution in [3.8, 4) is 0 Å². The van der Waals surface area contributed by atoms with Crippen LogP contribution in [0.25, 0.3) is 0 Å². The second-order valence-corrected chi connectivity index (χ2v) is 7.92. The highest BCUT2D eigenvalue weighted by Gasteiger charge is 2.30. The molecular weight excluding hydrogens is 384 g/mol. The summed E-state index contributed by atoms with van der Waals surface area (Å²) < 4.78 is 0. The molecule has 5 heteroatoms. The van der Waals surface area contributed by atoms with E-state index in [1.165, 1.54) is 11.3 Å². The highest BCUT2D eigenvalue weighted by molar-refractivity contribution is 6.04. The van der Waals surface area contributed by atoms with E-state index in [1.54, 1.807) is 0 Å². The number of carbonyl (C=O) groups is 1. The monoisotopic (exact) mass is 412 g/mol. The third-order valence-corrected chi connectivity index (χ3v) is 5.53. The van der Waals surface area contributed by atoms with E-state index >= 15 is 0 Å². The van der Waals surface area contributed by atoms with Gasteiger partial charge in [0.15, 0.2) is 0 Å². The van der Waals surface area contributed by atoms with E-state index in [9.17, 15) is 4.79 Å². The number of hydrazone groups is 1. The van der Waals surface area contributed by atoms with Gasteiger partial charge in [0.25, 0.3) is 0 Å². The quantitative estimate of drug-likeness (QED) is 0.585. The smallest absolute Gasteiger partial charge is 0.224 e. The average Bonchev–Trinajstić information content (AvgIpc) is 3.25. The number of para-hydroxylation sites is 1. The number of nitrogens with one attached hydrogen (secondary N) is 1. The Kier molecular flexibility index (Phi) is 6.03. The van der Waals surface area contributed by atoms with Gasteiger partial charge in [0.05, 0.1) is 17.4 Å². The lowest BCUT2D eigenvalue weighted by Gasteiger charge is -2.24. The molecule has 0 fully saturated rings. The third kappa shape index (κ3) is 4.61. The molecule has 158 valence electrons. The molecule has 1 amide bonds. The van der Waals surface area contributed by atoms with Gasteiger partial charge < -0.3 is 10.2 Å². The van der Waals surface area contributed by atoms with Crippen LogP contribution in [-0.2, 0) is 4.79 Å². The van der Waals surface area contributed by atoms with E-state index in [-0.39, 0.29) is 11.9 Å².